The Labute approximate surface area is 376 Å². The highest BCUT2D eigenvalue weighted by Crippen LogP contribution is 2.19. The molecule has 3 fully saturated rings. The number of hydrogen-bond acceptors (Lipinski definition) is 11. The molecule has 0 spiro atoms. The molecule has 13 nitrogen and oxygen atoms in total. The molecular formula is C45H74Cl2FN9O4. The van der Waals surface area contributed by atoms with Crippen molar-refractivity contribution in [3.05, 3.63) is 98.8 Å². The van der Waals surface area contributed by atoms with Crippen LogP contribution in [0.25, 0.3) is 0 Å². The Bertz CT molecular complexity index is 1600. The molecule has 16 heteroatoms. The lowest BCUT2D eigenvalue weighted by Gasteiger charge is -2.33. The number of non-ortho nitro benzene ring substituents is 2. The molecule has 3 saturated heterocycles. The Morgan fingerprint density at radius 1 is 0.590 bits per heavy atom. The van der Waals surface area contributed by atoms with Gasteiger partial charge in [-0.25, -0.2) is 4.39 Å². The highest BCUT2D eigenvalue weighted by molar-refractivity contribution is 5.85. The van der Waals surface area contributed by atoms with E-state index in [9.17, 15) is 24.6 Å². The zero-order chi connectivity index (χ0) is 42.8. The fraction of sp³-hybridized carbons (Fsp3) is 0.600. The zero-order valence-electron chi connectivity index (χ0n) is 36.7. The lowest BCUT2D eigenvalue weighted by atomic mass is 10.0. The van der Waals surface area contributed by atoms with Crippen molar-refractivity contribution in [2.24, 2.45) is 5.73 Å². The summed E-state index contributed by atoms with van der Waals surface area (Å²) in [6.07, 6.45) is 15.8. The number of nitrogens with two attached hydrogens (primary N) is 2. The average Bonchev–Trinajstić information content (AvgIpc) is 3.24. The first-order valence-corrected chi connectivity index (χ1v) is 21.9. The summed E-state index contributed by atoms with van der Waals surface area (Å²) in [6, 6.07) is 21.2. The fourth-order valence-corrected chi connectivity index (χ4v) is 7.66. The van der Waals surface area contributed by atoms with Crippen LogP contribution in [0, 0.1) is 26.0 Å². The van der Waals surface area contributed by atoms with Crippen molar-refractivity contribution in [2.45, 2.75) is 116 Å². The molecule has 0 saturated carbocycles. The van der Waals surface area contributed by atoms with Crippen LogP contribution in [0.1, 0.15) is 97.8 Å². The number of nitrogens with zero attached hydrogens (tertiary/aromatic N) is 5. The van der Waals surface area contributed by atoms with Crippen LogP contribution in [0.15, 0.2) is 72.8 Å². The molecule has 0 aromatic heterocycles. The highest BCUT2D eigenvalue weighted by Gasteiger charge is 2.19. The largest absolute Gasteiger partial charge is 0.399 e. The maximum Gasteiger partial charge on any atom is 0.269 e. The van der Waals surface area contributed by atoms with Gasteiger partial charge in [-0.15, -0.1) is 24.8 Å². The van der Waals surface area contributed by atoms with E-state index in [1.54, 1.807) is 12.1 Å². The van der Waals surface area contributed by atoms with E-state index in [0.717, 1.165) is 92.4 Å². The molecule has 3 atom stereocenters. The number of rotatable bonds is 15. The van der Waals surface area contributed by atoms with E-state index in [1.165, 1.54) is 109 Å². The molecule has 3 aliphatic heterocycles. The number of likely N-dealkylation sites (tertiary alicyclic amines) is 3. The van der Waals surface area contributed by atoms with Crippen LogP contribution in [0.5, 0.6) is 0 Å². The Hall–Kier alpha value is -3.79. The molecule has 61 heavy (non-hydrogen) atoms. The van der Waals surface area contributed by atoms with Crippen molar-refractivity contribution in [1.29, 1.82) is 0 Å². The molecule has 3 unspecified atom stereocenters. The van der Waals surface area contributed by atoms with Crippen molar-refractivity contribution in [3.8, 4) is 0 Å². The molecule has 344 valence electrons. The standard InChI is InChI=1S/C15H23N3O2.C15H25N3.C9H20N2.C6H4FNO2.2ClH/c1-13-5-2-3-11-17(13)12-4-10-16-14-6-8-15(9-7-14)18(19)20;1-13-5-2-3-11-18(13)12-4-10-17-15-8-6-14(16)7-9-15;1-9-5-2-3-7-11(9)8-4-6-10;7-5-1-3-6(4-2-5)8(9)10;;/h6-9,13,16H,2-5,10-12H2,1H3;6-9,13,17H,2-5,10-12,16H2,1H3;9H,2-8,10H2,1H3;1-4H;2*1H. The SMILES string of the molecule is CC1CCCCN1CCCN.CC1CCCCN1CCCNc1ccc(N)cc1.CC1CCCCN1CCCNc1ccc([N+](=O)[O-])cc1.Cl.Cl.O=[N+]([O-])c1ccc(F)cc1. The smallest absolute Gasteiger partial charge is 0.269 e. The molecule has 0 amide bonds. The van der Waals surface area contributed by atoms with Crippen LogP contribution >= 0.6 is 24.8 Å². The molecule has 0 aliphatic carbocycles. The Morgan fingerprint density at radius 3 is 1.28 bits per heavy atom. The first-order valence-electron chi connectivity index (χ1n) is 21.9. The number of piperidine rings is 3. The number of nitrogen functional groups attached to an aromatic ring is 1. The monoisotopic (exact) mass is 894 g/mol. The summed E-state index contributed by atoms with van der Waals surface area (Å²) in [7, 11) is 0. The van der Waals surface area contributed by atoms with Crippen LogP contribution in [0.3, 0.4) is 0 Å². The average molecular weight is 895 g/mol. The minimum absolute atomic E-state index is 0. The maximum atomic E-state index is 12.1. The second-order valence-electron chi connectivity index (χ2n) is 16.0. The molecular weight excluding hydrogens is 820 g/mol. The van der Waals surface area contributed by atoms with Crippen LogP contribution < -0.4 is 22.1 Å². The van der Waals surface area contributed by atoms with E-state index in [2.05, 4.69) is 46.1 Å². The van der Waals surface area contributed by atoms with Crippen molar-refractivity contribution < 1.29 is 14.2 Å². The Kier molecular flexibility index (Phi) is 28.9. The van der Waals surface area contributed by atoms with Gasteiger partial charge in [-0.2, -0.15) is 0 Å². The maximum absolute atomic E-state index is 12.1. The van der Waals surface area contributed by atoms with E-state index in [1.807, 2.05) is 24.3 Å². The Morgan fingerprint density at radius 2 is 0.934 bits per heavy atom. The second kappa shape index (κ2) is 32.0. The second-order valence-corrected chi connectivity index (χ2v) is 16.0. The van der Waals surface area contributed by atoms with E-state index < -0.39 is 10.7 Å². The number of nitrogens with one attached hydrogen (secondary N) is 2. The number of anilines is 3. The summed E-state index contributed by atoms with van der Waals surface area (Å²) in [6.45, 7) is 17.1. The lowest BCUT2D eigenvalue weighted by molar-refractivity contribution is -0.385. The van der Waals surface area contributed by atoms with Crippen LogP contribution in [0.2, 0.25) is 0 Å². The third-order valence-electron chi connectivity index (χ3n) is 11.4. The van der Waals surface area contributed by atoms with E-state index in [0.29, 0.717) is 6.04 Å². The molecule has 3 aromatic rings. The van der Waals surface area contributed by atoms with Gasteiger partial charge in [0, 0.05) is 85.6 Å². The first-order chi connectivity index (χ1) is 28.5. The zero-order valence-corrected chi connectivity index (χ0v) is 38.4. The van der Waals surface area contributed by atoms with Crippen LogP contribution in [0.4, 0.5) is 32.8 Å². The van der Waals surface area contributed by atoms with Crippen molar-refractivity contribution in [1.82, 2.24) is 14.7 Å². The van der Waals surface area contributed by atoms with Gasteiger partial charge in [0.15, 0.2) is 0 Å². The third kappa shape index (κ3) is 22.8. The quantitative estimate of drug-likeness (QED) is 0.0495. The van der Waals surface area contributed by atoms with Crippen molar-refractivity contribution in [3.63, 3.8) is 0 Å². The predicted octanol–water partition coefficient (Wildman–Crippen LogP) is 10.0. The highest BCUT2D eigenvalue weighted by atomic mass is 35.5. The van der Waals surface area contributed by atoms with Gasteiger partial charge in [0.1, 0.15) is 5.82 Å². The molecule has 3 heterocycles. The van der Waals surface area contributed by atoms with E-state index in [-0.39, 0.29) is 41.1 Å². The lowest BCUT2D eigenvalue weighted by Crippen LogP contribution is -2.38. The molecule has 0 bridgehead atoms. The number of nitro groups is 2. The summed E-state index contributed by atoms with van der Waals surface area (Å²) >= 11 is 0. The third-order valence-corrected chi connectivity index (χ3v) is 11.4. The summed E-state index contributed by atoms with van der Waals surface area (Å²) in [5.41, 5.74) is 14.1. The van der Waals surface area contributed by atoms with Gasteiger partial charge >= 0.3 is 0 Å². The van der Waals surface area contributed by atoms with Crippen LogP contribution in [-0.2, 0) is 0 Å². The van der Waals surface area contributed by atoms with E-state index in [4.69, 9.17) is 11.5 Å². The molecule has 6 rings (SSSR count). The first kappa shape index (κ1) is 55.2. The van der Waals surface area contributed by atoms with Gasteiger partial charge in [-0.1, -0.05) is 19.3 Å². The van der Waals surface area contributed by atoms with Crippen molar-refractivity contribution in [2.75, 3.05) is 75.3 Å². The topological polar surface area (TPSA) is 172 Å². The number of nitro benzene ring substituents is 2. The normalized spacial score (nSPS) is 19.1. The Balaban J connectivity index is 0.000000418. The summed E-state index contributed by atoms with van der Waals surface area (Å²) in [5, 5.41) is 27.3. The summed E-state index contributed by atoms with van der Waals surface area (Å²) in [5.74, 6) is -0.467. The van der Waals surface area contributed by atoms with Gasteiger partial charge in [0.2, 0.25) is 0 Å². The predicted molar refractivity (Wildman–Crippen MR) is 256 cm³/mol. The van der Waals surface area contributed by atoms with E-state index >= 15 is 0 Å². The van der Waals surface area contributed by atoms with Gasteiger partial charge in [-0.3, -0.25) is 20.2 Å². The molecule has 3 aliphatic rings. The van der Waals surface area contributed by atoms with Gasteiger partial charge in [0.25, 0.3) is 11.4 Å². The van der Waals surface area contributed by atoms with Gasteiger partial charge in [-0.05, 0) is 160 Å². The number of benzene rings is 3. The fourth-order valence-electron chi connectivity index (χ4n) is 7.66. The van der Waals surface area contributed by atoms with Crippen LogP contribution in [-0.4, -0.2) is 102 Å². The number of halogens is 3. The van der Waals surface area contributed by atoms with Crippen molar-refractivity contribution >= 4 is 53.3 Å². The molecule has 0 radical (unpaired) electrons. The molecule has 3 aromatic carbocycles. The number of hydrogen-bond donors (Lipinski definition) is 4. The van der Waals surface area contributed by atoms with Gasteiger partial charge < -0.3 is 36.8 Å². The molecule has 6 N–H and O–H groups in total. The van der Waals surface area contributed by atoms with Gasteiger partial charge in [0.05, 0.1) is 9.85 Å². The summed E-state index contributed by atoms with van der Waals surface area (Å²) < 4.78 is 12.1. The summed E-state index contributed by atoms with van der Waals surface area (Å²) in [4.78, 5) is 27.4. The minimum Gasteiger partial charge on any atom is -0.399 e. The minimum atomic E-state index is -0.570.